The fraction of sp³-hybridized carbons (Fsp3) is 0.308. The molecular formula is C26H32N2. The predicted molar refractivity (Wildman–Crippen MR) is 124 cm³/mol. The highest BCUT2D eigenvalue weighted by Crippen LogP contribution is 2.41. The maximum absolute atomic E-state index is 6.38. The van der Waals surface area contributed by atoms with Gasteiger partial charge < -0.3 is 11.5 Å². The Morgan fingerprint density at radius 3 is 1.71 bits per heavy atom. The molecule has 0 atom stereocenters. The largest absolute Gasteiger partial charge is 0.399 e. The number of hydrogen-bond acceptors (Lipinski definition) is 2. The molecule has 0 heterocycles. The molecule has 0 aliphatic carbocycles. The lowest BCUT2D eigenvalue weighted by molar-refractivity contribution is 0.794. The van der Waals surface area contributed by atoms with Gasteiger partial charge in [-0.1, -0.05) is 58.0 Å². The van der Waals surface area contributed by atoms with E-state index in [0.717, 1.165) is 11.4 Å². The van der Waals surface area contributed by atoms with Crippen LogP contribution in [-0.4, -0.2) is 0 Å². The Bertz CT molecular complexity index is 996. The van der Waals surface area contributed by atoms with Gasteiger partial charge in [-0.3, -0.25) is 0 Å². The molecule has 0 aromatic heterocycles. The molecule has 0 unspecified atom stereocenters. The van der Waals surface area contributed by atoms with Crippen LogP contribution in [0.3, 0.4) is 0 Å². The van der Waals surface area contributed by atoms with E-state index in [1.165, 1.54) is 44.5 Å². The zero-order valence-electron chi connectivity index (χ0n) is 17.9. The first kappa shape index (κ1) is 20.0. The SMILES string of the molecule is Cc1cc(-c2ccc(N)c(C(C)C)c2C(C)C)c(C)cc1-c1ccc(N)cc1. The average Bonchev–Trinajstić information content (AvgIpc) is 2.63. The molecule has 0 radical (unpaired) electrons. The van der Waals surface area contributed by atoms with Crippen molar-refractivity contribution < 1.29 is 0 Å². The maximum Gasteiger partial charge on any atom is 0.0352 e. The van der Waals surface area contributed by atoms with Crippen LogP contribution in [0, 0.1) is 13.8 Å². The third kappa shape index (κ3) is 3.64. The molecule has 2 nitrogen and oxygen atoms in total. The standard InChI is InChI=1S/C26H32N2/c1-15(2)25-21(11-12-24(28)26(25)16(3)4)23-14-17(5)22(13-18(23)6)19-7-9-20(27)10-8-19/h7-16H,27-28H2,1-6H3. The Kier molecular flexibility index (Phi) is 5.51. The Balaban J connectivity index is 2.22. The van der Waals surface area contributed by atoms with E-state index in [1.807, 2.05) is 12.1 Å². The molecule has 0 saturated heterocycles. The number of nitrogen functional groups attached to an aromatic ring is 2. The van der Waals surface area contributed by atoms with Gasteiger partial charge in [0.1, 0.15) is 0 Å². The monoisotopic (exact) mass is 372 g/mol. The van der Waals surface area contributed by atoms with Crippen LogP contribution in [0.25, 0.3) is 22.3 Å². The fourth-order valence-corrected chi connectivity index (χ4v) is 4.23. The van der Waals surface area contributed by atoms with Crippen molar-refractivity contribution in [1.82, 2.24) is 0 Å². The quantitative estimate of drug-likeness (QED) is 0.482. The van der Waals surface area contributed by atoms with E-state index in [0.29, 0.717) is 11.8 Å². The molecule has 0 fully saturated rings. The van der Waals surface area contributed by atoms with Crippen molar-refractivity contribution in [2.24, 2.45) is 0 Å². The lowest BCUT2D eigenvalue weighted by Crippen LogP contribution is -2.06. The molecule has 3 rings (SSSR count). The van der Waals surface area contributed by atoms with Crippen LogP contribution in [0.4, 0.5) is 11.4 Å². The first-order valence-electron chi connectivity index (χ1n) is 10.1. The molecule has 3 aromatic rings. The van der Waals surface area contributed by atoms with Crippen molar-refractivity contribution in [3.8, 4) is 22.3 Å². The van der Waals surface area contributed by atoms with Gasteiger partial charge in [-0.2, -0.15) is 0 Å². The van der Waals surface area contributed by atoms with Crippen LogP contribution in [0.5, 0.6) is 0 Å². The topological polar surface area (TPSA) is 52.0 Å². The zero-order valence-corrected chi connectivity index (χ0v) is 17.9. The van der Waals surface area contributed by atoms with E-state index in [2.05, 4.69) is 77.9 Å². The van der Waals surface area contributed by atoms with E-state index in [4.69, 9.17) is 11.5 Å². The number of nitrogens with two attached hydrogens (primary N) is 2. The second kappa shape index (κ2) is 7.71. The molecule has 0 aliphatic heterocycles. The lowest BCUT2D eigenvalue weighted by Gasteiger charge is -2.24. The fourth-order valence-electron chi connectivity index (χ4n) is 4.23. The van der Waals surface area contributed by atoms with Gasteiger partial charge in [-0.25, -0.2) is 0 Å². The molecule has 28 heavy (non-hydrogen) atoms. The van der Waals surface area contributed by atoms with Crippen molar-refractivity contribution in [1.29, 1.82) is 0 Å². The average molecular weight is 373 g/mol. The number of benzene rings is 3. The molecule has 0 amide bonds. The summed E-state index contributed by atoms with van der Waals surface area (Å²) >= 11 is 0. The Morgan fingerprint density at radius 2 is 1.14 bits per heavy atom. The zero-order chi connectivity index (χ0) is 20.6. The molecule has 0 bridgehead atoms. The van der Waals surface area contributed by atoms with E-state index in [-0.39, 0.29) is 0 Å². The van der Waals surface area contributed by atoms with Gasteiger partial charge in [0.15, 0.2) is 0 Å². The number of rotatable bonds is 4. The van der Waals surface area contributed by atoms with Gasteiger partial charge in [0.05, 0.1) is 0 Å². The van der Waals surface area contributed by atoms with E-state index in [9.17, 15) is 0 Å². The van der Waals surface area contributed by atoms with Crippen molar-refractivity contribution in [3.63, 3.8) is 0 Å². The summed E-state index contributed by atoms with van der Waals surface area (Å²) in [6.45, 7) is 13.4. The first-order valence-corrected chi connectivity index (χ1v) is 10.1. The molecule has 0 saturated carbocycles. The number of anilines is 2. The summed E-state index contributed by atoms with van der Waals surface area (Å²) in [6, 6.07) is 17.0. The minimum absolute atomic E-state index is 0.396. The highest BCUT2D eigenvalue weighted by molar-refractivity contribution is 5.80. The number of aryl methyl sites for hydroxylation is 2. The minimum atomic E-state index is 0.396. The molecular weight excluding hydrogens is 340 g/mol. The summed E-state index contributed by atoms with van der Waals surface area (Å²) < 4.78 is 0. The summed E-state index contributed by atoms with van der Waals surface area (Å²) in [5, 5.41) is 0. The smallest absolute Gasteiger partial charge is 0.0352 e. The lowest BCUT2D eigenvalue weighted by atomic mass is 9.81. The van der Waals surface area contributed by atoms with Crippen LogP contribution in [-0.2, 0) is 0 Å². The van der Waals surface area contributed by atoms with Crippen molar-refractivity contribution >= 4 is 11.4 Å². The van der Waals surface area contributed by atoms with Gasteiger partial charge in [-0.15, -0.1) is 0 Å². The molecule has 2 heteroatoms. The highest BCUT2D eigenvalue weighted by Gasteiger charge is 2.20. The van der Waals surface area contributed by atoms with Gasteiger partial charge >= 0.3 is 0 Å². The van der Waals surface area contributed by atoms with Crippen LogP contribution in [0.2, 0.25) is 0 Å². The number of hydrogen-bond donors (Lipinski definition) is 2. The summed E-state index contributed by atoms with van der Waals surface area (Å²) in [5.41, 5.74) is 24.2. The normalized spacial score (nSPS) is 11.4. The van der Waals surface area contributed by atoms with Crippen molar-refractivity contribution in [2.75, 3.05) is 11.5 Å². The van der Waals surface area contributed by atoms with Crippen LogP contribution in [0.15, 0.2) is 48.5 Å². The summed E-state index contributed by atoms with van der Waals surface area (Å²) in [7, 11) is 0. The van der Waals surface area contributed by atoms with E-state index in [1.54, 1.807) is 0 Å². The third-order valence-electron chi connectivity index (χ3n) is 5.56. The Labute approximate surface area is 169 Å². The molecule has 146 valence electrons. The minimum Gasteiger partial charge on any atom is -0.399 e. The van der Waals surface area contributed by atoms with Crippen LogP contribution in [0.1, 0.15) is 61.8 Å². The van der Waals surface area contributed by atoms with E-state index < -0.39 is 0 Å². The van der Waals surface area contributed by atoms with Gasteiger partial charge in [-0.05, 0) is 88.4 Å². The molecule has 4 N–H and O–H groups in total. The molecule has 0 spiro atoms. The predicted octanol–water partition coefficient (Wildman–Crippen LogP) is 7.05. The highest BCUT2D eigenvalue weighted by atomic mass is 14.6. The Morgan fingerprint density at radius 1 is 0.607 bits per heavy atom. The second-order valence-corrected chi connectivity index (χ2v) is 8.44. The molecule has 0 aliphatic rings. The third-order valence-corrected chi connectivity index (χ3v) is 5.56. The van der Waals surface area contributed by atoms with Crippen molar-refractivity contribution in [2.45, 2.75) is 53.4 Å². The first-order chi connectivity index (χ1) is 13.2. The van der Waals surface area contributed by atoms with Crippen molar-refractivity contribution in [3.05, 3.63) is 70.8 Å². The summed E-state index contributed by atoms with van der Waals surface area (Å²) in [5.74, 6) is 0.806. The Hall–Kier alpha value is -2.74. The van der Waals surface area contributed by atoms with E-state index >= 15 is 0 Å². The van der Waals surface area contributed by atoms with Crippen LogP contribution >= 0.6 is 0 Å². The summed E-state index contributed by atoms with van der Waals surface area (Å²) in [4.78, 5) is 0. The maximum atomic E-state index is 6.38. The van der Waals surface area contributed by atoms with Crippen LogP contribution < -0.4 is 11.5 Å². The summed E-state index contributed by atoms with van der Waals surface area (Å²) in [6.07, 6.45) is 0. The molecule has 3 aromatic carbocycles. The van der Waals surface area contributed by atoms with Gasteiger partial charge in [0, 0.05) is 11.4 Å². The van der Waals surface area contributed by atoms with Gasteiger partial charge in [0.25, 0.3) is 0 Å². The van der Waals surface area contributed by atoms with Gasteiger partial charge in [0.2, 0.25) is 0 Å². The second-order valence-electron chi connectivity index (χ2n) is 8.44.